The molecule has 1 aromatic heterocycles. The molecule has 29 heavy (non-hydrogen) atoms. The molecule has 2 heterocycles. The third kappa shape index (κ3) is 4.65. The van der Waals surface area contributed by atoms with Crippen LogP contribution in [0.2, 0.25) is 0 Å². The average molecular weight is 416 g/mol. The fourth-order valence-corrected chi connectivity index (χ4v) is 3.25. The standard InChI is InChI=1S/C19H25N7O2S/c1-25(2)17-14(10-22-24-18(20)29)9-21-19(23-17)26-6-5-12-7-15(27-3)16(28-4)8-13(12)11-26/h7-10H,5-6,11H2,1-4H3,(H3,20,24,29). The largest absolute Gasteiger partial charge is 0.493 e. The maximum Gasteiger partial charge on any atom is 0.227 e. The van der Waals surface area contributed by atoms with E-state index < -0.39 is 0 Å². The molecule has 3 N–H and O–H groups in total. The van der Waals surface area contributed by atoms with E-state index in [-0.39, 0.29) is 5.11 Å². The van der Waals surface area contributed by atoms with Gasteiger partial charge in [0.15, 0.2) is 16.6 Å². The van der Waals surface area contributed by atoms with E-state index in [2.05, 4.69) is 20.4 Å². The molecular weight excluding hydrogens is 390 g/mol. The summed E-state index contributed by atoms with van der Waals surface area (Å²) in [5, 5.41) is 4.11. The smallest absolute Gasteiger partial charge is 0.227 e. The highest BCUT2D eigenvalue weighted by Gasteiger charge is 2.22. The third-order valence-electron chi connectivity index (χ3n) is 4.59. The number of hydrogen-bond donors (Lipinski definition) is 2. The molecule has 0 unspecified atom stereocenters. The molecule has 2 aromatic rings. The zero-order chi connectivity index (χ0) is 21.0. The fourth-order valence-electron chi connectivity index (χ4n) is 3.19. The summed E-state index contributed by atoms with van der Waals surface area (Å²) in [7, 11) is 7.14. The summed E-state index contributed by atoms with van der Waals surface area (Å²) in [5.74, 6) is 2.88. The van der Waals surface area contributed by atoms with Gasteiger partial charge in [-0.25, -0.2) is 4.98 Å². The molecule has 0 spiro atoms. The first kappa shape index (κ1) is 20.6. The van der Waals surface area contributed by atoms with E-state index in [0.29, 0.717) is 12.5 Å². The molecule has 1 aliphatic rings. The number of aromatic nitrogens is 2. The van der Waals surface area contributed by atoms with Gasteiger partial charge in [0.2, 0.25) is 5.95 Å². The minimum atomic E-state index is 0.101. The van der Waals surface area contributed by atoms with Gasteiger partial charge in [0.05, 0.1) is 26.0 Å². The van der Waals surface area contributed by atoms with E-state index >= 15 is 0 Å². The van der Waals surface area contributed by atoms with E-state index in [1.807, 2.05) is 31.1 Å². The number of nitrogens with zero attached hydrogens (tertiary/aromatic N) is 5. The molecule has 1 aliphatic heterocycles. The first-order valence-corrected chi connectivity index (χ1v) is 9.45. The Labute approximate surface area is 175 Å². The van der Waals surface area contributed by atoms with Gasteiger partial charge in [-0.05, 0) is 41.9 Å². The van der Waals surface area contributed by atoms with Crippen molar-refractivity contribution in [3.8, 4) is 11.5 Å². The molecule has 0 radical (unpaired) electrons. The molecule has 0 saturated carbocycles. The van der Waals surface area contributed by atoms with Crippen molar-refractivity contribution in [1.29, 1.82) is 0 Å². The summed E-state index contributed by atoms with van der Waals surface area (Å²) < 4.78 is 10.9. The second-order valence-corrected chi connectivity index (χ2v) is 7.16. The van der Waals surface area contributed by atoms with Crippen LogP contribution < -0.4 is 30.4 Å². The molecule has 154 valence electrons. The molecular formula is C19H25N7O2S. The Hall–Kier alpha value is -3.14. The number of benzene rings is 1. The molecule has 10 heteroatoms. The van der Waals surface area contributed by atoms with Crippen LogP contribution >= 0.6 is 12.2 Å². The fraction of sp³-hybridized carbons (Fsp3) is 0.368. The van der Waals surface area contributed by atoms with Crippen molar-refractivity contribution in [2.75, 3.05) is 44.7 Å². The lowest BCUT2D eigenvalue weighted by molar-refractivity contribution is 0.353. The summed E-state index contributed by atoms with van der Waals surface area (Å²) in [4.78, 5) is 13.4. The lowest BCUT2D eigenvalue weighted by atomic mass is 9.99. The maximum absolute atomic E-state index is 5.44. The summed E-state index contributed by atoms with van der Waals surface area (Å²) in [6.07, 6.45) is 4.21. The van der Waals surface area contributed by atoms with Crippen molar-refractivity contribution in [2.45, 2.75) is 13.0 Å². The number of hydrazone groups is 1. The Morgan fingerprint density at radius 2 is 1.97 bits per heavy atom. The van der Waals surface area contributed by atoms with Gasteiger partial charge in [0.25, 0.3) is 0 Å². The third-order valence-corrected chi connectivity index (χ3v) is 4.68. The van der Waals surface area contributed by atoms with Crippen LogP contribution in [0, 0.1) is 0 Å². The van der Waals surface area contributed by atoms with Crippen molar-refractivity contribution < 1.29 is 9.47 Å². The SMILES string of the molecule is COc1cc2c(cc1OC)CN(c1ncc(C=NNC(N)=S)c(N(C)C)n1)CC2. The summed E-state index contributed by atoms with van der Waals surface area (Å²) >= 11 is 4.76. The van der Waals surface area contributed by atoms with Crippen molar-refractivity contribution in [3.63, 3.8) is 0 Å². The lowest BCUT2D eigenvalue weighted by Gasteiger charge is -2.30. The molecule has 0 aliphatic carbocycles. The Balaban J connectivity index is 1.87. The zero-order valence-corrected chi connectivity index (χ0v) is 17.8. The predicted octanol–water partition coefficient (Wildman–Crippen LogP) is 1.29. The van der Waals surface area contributed by atoms with Gasteiger partial charge in [0.1, 0.15) is 5.82 Å². The molecule has 0 bridgehead atoms. The van der Waals surface area contributed by atoms with Crippen LogP contribution in [0.15, 0.2) is 23.4 Å². The molecule has 0 atom stereocenters. The number of methoxy groups -OCH3 is 2. The van der Waals surface area contributed by atoms with E-state index in [4.69, 9.17) is 32.4 Å². The van der Waals surface area contributed by atoms with Gasteiger partial charge in [-0.1, -0.05) is 0 Å². The van der Waals surface area contributed by atoms with Crippen LogP contribution in [0.1, 0.15) is 16.7 Å². The van der Waals surface area contributed by atoms with Crippen LogP contribution in [0.4, 0.5) is 11.8 Å². The second kappa shape index (κ2) is 8.91. The average Bonchev–Trinajstić information content (AvgIpc) is 2.72. The highest BCUT2D eigenvalue weighted by atomic mass is 32.1. The lowest BCUT2D eigenvalue weighted by Crippen LogP contribution is -2.32. The van der Waals surface area contributed by atoms with Crippen molar-refractivity contribution in [3.05, 3.63) is 35.0 Å². The number of fused-ring (bicyclic) bond motifs is 1. The monoisotopic (exact) mass is 415 g/mol. The quantitative estimate of drug-likeness (QED) is 0.410. The van der Waals surface area contributed by atoms with Gasteiger partial charge < -0.3 is 25.0 Å². The number of anilines is 2. The minimum Gasteiger partial charge on any atom is -0.493 e. The van der Waals surface area contributed by atoms with Gasteiger partial charge in [-0.15, -0.1) is 0 Å². The van der Waals surface area contributed by atoms with Crippen LogP contribution in [-0.4, -0.2) is 56.2 Å². The minimum absolute atomic E-state index is 0.101. The second-order valence-electron chi connectivity index (χ2n) is 6.73. The van der Waals surface area contributed by atoms with E-state index in [1.165, 1.54) is 11.1 Å². The Morgan fingerprint density at radius 3 is 2.59 bits per heavy atom. The zero-order valence-electron chi connectivity index (χ0n) is 17.0. The normalized spacial score (nSPS) is 13.2. The van der Waals surface area contributed by atoms with Gasteiger partial charge in [0, 0.05) is 33.4 Å². The van der Waals surface area contributed by atoms with E-state index in [9.17, 15) is 0 Å². The van der Waals surface area contributed by atoms with Gasteiger partial charge in [-0.3, -0.25) is 5.43 Å². The summed E-state index contributed by atoms with van der Waals surface area (Å²) in [6.45, 7) is 1.50. The molecule has 0 fully saturated rings. The number of nitrogens with two attached hydrogens (primary N) is 1. The van der Waals surface area contributed by atoms with Gasteiger partial charge in [-0.2, -0.15) is 10.1 Å². The van der Waals surface area contributed by atoms with Crippen LogP contribution in [0.25, 0.3) is 0 Å². The Morgan fingerprint density at radius 1 is 1.28 bits per heavy atom. The maximum atomic E-state index is 5.44. The molecule has 3 rings (SSSR count). The van der Waals surface area contributed by atoms with Gasteiger partial charge >= 0.3 is 0 Å². The van der Waals surface area contributed by atoms with Crippen LogP contribution in [0.3, 0.4) is 0 Å². The first-order valence-electron chi connectivity index (χ1n) is 9.04. The van der Waals surface area contributed by atoms with Crippen molar-refractivity contribution in [1.82, 2.24) is 15.4 Å². The summed E-state index contributed by atoms with van der Waals surface area (Å²) in [6, 6.07) is 4.07. The first-order chi connectivity index (χ1) is 13.9. The van der Waals surface area contributed by atoms with E-state index in [1.54, 1.807) is 26.6 Å². The number of nitrogens with one attached hydrogen (secondary N) is 1. The molecule has 9 nitrogen and oxygen atoms in total. The number of ether oxygens (including phenoxy) is 2. The summed E-state index contributed by atoms with van der Waals surface area (Å²) in [5.41, 5.74) is 11.1. The Bertz CT molecular complexity index is 933. The molecule has 0 saturated heterocycles. The molecule has 1 aromatic carbocycles. The number of hydrogen-bond acceptors (Lipinski definition) is 8. The van der Waals surface area contributed by atoms with Crippen LogP contribution in [-0.2, 0) is 13.0 Å². The molecule has 0 amide bonds. The Kier molecular flexibility index (Phi) is 6.32. The highest BCUT2D eigenvalue weighted by molar-refractivity contribution is 7.80. The predicted molar refractivity (Wildman–Crippen MR) is 118 cm³/mol. The van der Waals surface area contributed by atoms with E-state index in [0.717, 1.165) is 35.8 Å². The van der Waals surface area contributed by atoms with Crippen LogP contribution in [0.5, 0.6) is 11.5 Å². The topological polar surface area (TPSA) is 101 Å². The number of thiocarbonyl (C=S) groups is 1. The number of rotatable bonds is 6. The highest BCUT2D eigenvalue weighted by Crippen LogP contribution is 2.34. The van der Waals surface area contributed by atoms with Crippen molar-refractivity contribution >= 4 is 35.3 Å². The van der Waals surface area contributed by atoms with Crippen molar-refractivity contribution in [2.24, 2.45) is 10.8 Å².